The summed E-state index contributed by atoms with van der Waals surface area (Å²) in [6, 6.07) is 8.56. The molecular weight excluding hydrogens is 201 g/mol. The van der Waals surface area contributed by atoms with Crippen molar-refractivity contribution in [2.45, 2.75) is 44.9 Å². The lowest BCUT2D eigenvalue weighted by Crippen LogP contribution is -1.96. The molecule has 0 aliphatic rings. The summed E-state index contributed by atoms with van der Waals surface area (Å²) in [7, 11) is 0. The fourth-order valence-corrected chi connectivity index (χ4v) is 1.78. The predicted octanol–water partition coefficient (Wildman–Crippen LogP) is 4.40. The number of halogens is 1. The zero-order valence-electron chi connectivity index (χ0n) is 9.75. The van der Waals surface area contributed by atoms with E-state index in [9.17, 15) is 4.39 Å². The minimum absolute atomic E-state index is 0.0857. The molecule has 0 unspecified atom stereocenters. The average Bonchev–Trinajstić information content (AvgIpc) is 2.31. The highest BCUT2D eigenvalue weighted by Crippen LogP contribution is 2.22. The molecule has 2 heteroatoms. The SMILES string of the molecule is CCCCCC[C@H](C#N)c1ccc(F)cc1. The number of nitrogens with zero attached hydrogens (tertiary/aromatic N) is 1. The fraction of sp³-hybridized carbons (Fsp3) is 0.500. The van der Waals surface area contributed by atoms with Crippen LogP contribution in [0.4, 0.5) is 4.39 Å². The molecule has 1 aromatic rings. The molecule has 0 spiro atoms. The average molecular weight is 219 g/mol. The number of unbranched alkanes of at least 4 members (excludes halogenated alkanes) is 3. The van der Waals surface area contributed by atoms with Gasteiger partial charge in [-0.25, -0.2) is 4.39 Å². The van der Waals surface area contributed by atoms with Gasteiger partial charge in [-0.2, -0.15) is 5.26 Å². The summed E-state index contributed by atoms with van der Waals surface area (Å²) in [6.07, 6.45) is 5.55. The van der Waals surface area contributed by atoms with Crippen molar-refractivity contribution in [1.29, 1.82) is 5.26 Å². The van der Waals surface area contributed by atoms with Gasteiger partial charge in [0.05, 0.1) is 12.0 Å². The number of rotatable bonds is 6. The van der Waals surface area contributed by atoms with Crippen LogP contribution in [0.3, 0.4) is 0 Å². The lowest BCUT2D eigenvalue weighted by atomic mass is 9.94. The van der Waals surface area contributed by atoms with Gasteiger partial charge >= 0.3 is 0 Å². The Kier molecular flexibility index (Phi) is 5.56. The maximum absolute atomic E-state index is 12.7. The zero-order valence-corrected chi connectivity index (χ0v) is 9.75. The molecule has 0 saturated heterocycles. The Morgan fingerprint density at radius 2 is 1.88 bits per heavy atom. The lowest BCUT2D eigenvalue weighted by Gasteiger charge is -2.08. The van der Waals surface area contributed by atoms with E-state index in [1.807, 2.05) is 0 Å². The number of nitriles is 1. The number of hydrogen-bond acceptors (Lipinski definition) is 1. The first-order chi connectivity index (χ1) is 7.77. The van der Waals surface area contributed by atoms with E-state index in [0.717, 1.165) is 18.4 Å². The van der Waals surface area contributed by atoms with E-state index in [-0.39, 0.29) is 11.7 Å². The van der Waals surface area contributed by atoms with E-state index < -0.39 is 0 Å². The quantitative estimate of drug-likeness (QED) is 0.650. The van der Waals surface area contributed by atoms with E-state index in [0.29, 0.717) is 0 Å². The molecule has 86 valence electrons. The first-order valence-electron chi connectivity index (χ1n) is 5.93. The molecule has 1 atom stereocenters. The highest BCUT2D eigenvalue weighted by atomic mass is 19.1. The van der Waals surface area contributed by atoms with Crippen molar-refractivity contribution in [3.8, 4) is 6.07 Å². The first-order valence-corrected chi connectivity index (χ1v) is 5.93. The minimum atomic E-state index is -0.244. The summed E-state index contributed by atoms with van der Waals surface area (Å²) in [6.45, 7) is 2.17. The Morgan fingerprint density at radius 3 is 2.44 bits per heavy atom. The second kappa shape index (κ2) is 7.00. The monoisotopic (exact) mass is 219 g/mol. The van der Waals surface area contributed by atoms with E-state index in [1.165, 1.54) is 31.4 Å². The van der Waals surface area contributed by atoms with Crippen LogP contribution >= 0.6 is 0 Å². The van der Waals surface area contributed by atoms with Crippen LogP contribution in [0.15, 0.2) is 24.3 Å². The van der Waals surface area contributed by atoms with E-state index >= 15 is 0 Å². The molecule has 0 N–H and O–H groups in total. The summed E-state index contributed by atoms with van der Waals surface area (Å²) in [5.74, 6) is -0.330. The van der Waals surface area contributed by atoms with Crippen molar-refractivity contribution in [3.05, 3.63) is 35.6 Å². The molecular formula is C14H18FN. The van der Waals surface area contributed by atoms with Gasteiger partial charge in [0.2, 0.25) is 0 Å². The summed E-state index contributed by atoms with van der Waals surface area (Å²) in [5, 5.41) is 9.06. The highest BCUT2D eigenvalue weighted by molar-refractivity contribution is 5.25. The summed E-state index contributed by atoms with van der Waals surface area (Å²) >= 11 is 0. The molecule has 1 rings (SSSR count). The van der Waals surface area contributed by atoms with Gasteiger partial charge in [0, 0.05) is 0 Å². The smallest absolute Gasteiger partial charge is 0.123 e. The van der Waals surface area contributed by atoms with Gasteiger partial charge < -0.3 is 0 Å². The molecule has 0 amide bonds. The first kappa shape index (κ1) is 12.7. The van der Waals surface area contributed by atoms with Crippen molar-refractivity contribution in [2.24, 2.45) is 0 Å². The third kappa shape index (κ3) is 4.02. The van der Waals surface area contributed by atoms with E-state index in [1.54, 1.807) is 12.1 Å². The predicted molar refractivity (Wildman–Crippen MR) is 63.5 cm³/mol. The maximum atomic E-state index is 12.7. The van der Waals surface area contributed by atoms with Crippen molar-refractivity contribution in [1.82, 2.24) is 0 Å². The van der Waals surface area contributed by atoms with Gasteiger partial charge in [-0.3, -0.25) is 0 Å². The van der Waals surface area contributed by atoms with Crippen LogP contribution in [0.25, 0.3) is 0 Å². The van der Waals surface area contributed by atoms with Crippen molar-refractivity contribution < 1.29 is 4.39 Å². The van der Waals surface area contributed by atoms with Crippen molar-refractivity contribution >= 4 is 0 Å². The Bertz CT molecular complexity index is 337. The molecule has 0 aliphatic heterocycles. The summed E-state index contributed by atoms with van der Waals surface area (Å²) in [5.41, 5.74) is 0.931. The minimum Gasteiger partial charge on any atom is -0.207 e. The van der Waals surface area contributed by atoms with Crippen LogP contribution in [0.5, 0.6) is 0 Å². The van der Waals surface area contributed by atoms with Gasteiger partial charge in [0.15, 0.2) is 0 Å². The third-order valence-corrected chi connectivity index (χ3v) is 2.77. The van der Waals surface area contributed by atoms with Gasteiger partial charge in [-0.1, -0.05) is 44.7 Å². The maximum Gasteiger partial charge on any atom is 0.123 e. The standard InChI is InChI=1S/C14H18FN/c1-2-3-4-5-6-13(11-16)12-7-9-14(15)10-8-12/h7-10,13H,2-6H2,1H3/t13-/m1/s1. The molecule has 16 heavy (non-hydrogen) atoms. The van der Waals surface area contributed by atoms with Crippen LogP contribution < -0.4 is 0 Å². The molecule has 0 fully saturated rings. The van der Waals surface area contributed by atoms with Crippen LogP contribution in [-0.4, -0.2) is 0 Å². The molecule has 0 saturated carbocycles. The van der Waals surface area contributed by atoms with E-state index in [2.05, 4.69) is 13.0 Å². The molecule has 1 aromatic carbocycles. The molecule has 0 radical (unpaired) electrons. The fourth-order valence-electron chi connectivity index (χ4n) is 1.78. The van der Waals surface area contributed by atoms with Crippen LogP contribution in [-0.2, 0) is 0 Å². The van der Waals surface area contributed by atoms with Crippen LogP contribution in [0.2, 0.25) is 0 Å². The molecule has 0 bridgehead atoms. The van der Waals surface area contributed by atoms with Crippen LogP contribution in [0, 0.1) is 17.1 Å². The second-order valence-electron chi connectivity index (χ2n) is 4.08. The zero-order chi connectivity index (χ0) is 11.8. The number of hydrogen-bond donors (Lipinski definition) is 0. The normalized spacial score (nSPS) is 12.1. The van der Waals surface area contributed by atoms with Crippen LogP contribution in [0.1, 0.15) is 50.5 Å². The Labute approximate surface area is 96.9 Å². The topological polar surface area (TPSA) is 23.8 Å². The molecule has 1 nitrogen and oxygen atoms in total. The second-order valence-corrected chi connectivity index (χ2v) is 4.08. The molecule has 0 heterocycles. The molecule has 0 aromatic heterocycles. The Hall–Kier alpha value is -1.36. The lowest BCUT2D eigenvalue weighted by molar-refractivity contribution is 0.604. The van der Waals surface area contributed by atoms with E-state index in [4.69, 9.17) is 5.26 Å². The molecule has 0 aliphatic carbocycles. The van der Waals surface area contributed by atoms with Gasteiger partial charge in [-0.15, -0.1) is 0 Å². The summed E-state index contributed by atoms with van der Waals surface area (Å²) in [4.78, 5) is 0. The van der Waals surface area contributed by atoms with Crippen molar-refractivity contribution in [2.75, 3.05) is 0 Å². The van der Waals surface area contributed by atoms with Crippen molar-refractivity contribution in [3.63, 3.8) is 0 Å². The van der Waals surface area contributed by atoms with Gasteiger partial charge in [-0.05, 0) is 24.1 Å². The third-order valence-electron chi connectivity index (χ3n) is 2.77. The highest BCUT2D eigenvalue weighted by Gasteiger charge is 2.09. The van der Waals surface area contributed by atoms with Gasteiger partial charge in [0.1, 0.15) is 5.82 Å². The Morgan fingerprint density at radius 1 is 1.19 bits per heavy atom. The number of benzene rings is 1. The summed E-state index contributed by atoms with van der Waals surface area (Å²) < 4.78 is 12.7. The largest absolute Gasteiger partial charge is 0.207 e. The van der Waals surface area contributed by atoms with Gasteiger partial charge in [0.25, 0.3) is 0 Å². The Balaban J connectivity index is 2.48.